The number of hydrazine groups is 1. The van der Waals surface area contributed by atoms with Gasteiger partial charge in [-0.15, -0.1) is 0 Å². The van der Waals surface area contributed by atoms with Gasteiger partial charge < -0.3 is 14.4 Å². The number of para-hydroxylation sites is 2. The van der Waals surface area contributed by atoms with Gasteiger partial charge in [-0.05, 0) is 49.6 Å². The van der Waals surface area contributed by atoms with Gasteiger partial charge in [0.25, 0.3) is 0 Å². The maximum absolute atomic E-state index is 13.3. The Hall–Kier alpha value is -3.10. The summed E-state index contributed by atoms with van der Waals surface area (Å²) < 4.78 is 11.1. The molecule has 3 aliphatic rings. The third-order valence-electron chi connectivity index (χ3n) is 6.68. The van der Waals surface area contributed by atoms with Gasteiger partial charge >= 0.3 is 6.09 Å². The molecule has 1 unspecified atom stereocenters. The first-order valence-electron chi connectivity index (χ1n) is 11.5. The van der Waals surface area contributed by atoms with Crippen LogP contribution in [0.15, 0.2) is 42.5 Å². The van der Waals surface area contributed by atoms with Gasteiger partial charge in [-0.2, -0.15) is 0 Å². The summed E-state index contributed by atoms with van der Waals surface area (Å²) in [4.78, 5) is 29.2. The molecule has 8 nitrogen and oxygen atoms in total. The number of fused-ring (bicyclic) bond motifs is 1. The highest BCUT2D eigenvalue weighted by atomic mass is 16.6. The van der Waals surface area contributed by atoms with Gasteiger partial charge in [0.2, 0.25) is 5.91 Å². The number of anilines is 2. The van der Waals surface area contributed by atoms with Crippen LogP contribution in [0.5, 0.6) is 11.5 Å². The number of nitrogens with zero attached hydrogens (tertiary/aromatic N) is 3. The van der Waals surface area contributed by atoms with Crippen LogP contribution in [0.1, 0.15) is 38.2 Å². The second-order valence-corrected chi connectivity index (χ2v) is 9.06. The highest BCUT2D eigenvalue weighted by Crippen LogP contribution is 2.40. The molecule has 2 aliphatic heterocycles. The summed E-state index contributed by atoms with van der Waals surface area (Å²) in [6.45, 7) is 5.66. The fraction of sp³-hybridized carbons (Fsp3) is 0.440. The van der Waals surface area contributed by atoms with E-state index in [4.69, 9.17) is 9.47 Å². The van der Waals surface area contributed by atoms with Crippen molar-refractivity contribution < 1.29 is 19.1 Å². The minimum absolute atomic E-state index is 0.0447. The molecule has 0 radical (unpaired) electrons. The van der Waals surface area contributed by atoms with Gasteiger partial charge in [0.1, 0.15) is 0 Å². The molecule has 2 fully saturated rings. The van der Waals surface area contributed by atoms with Crippen molar-refractivity contribution in [3.63, 3.8) is 0 Å². The largest absolute Gasteiger partial charge is 0.493 e. The maximum atomic E-state index is 13.3. The maximum Gasteiger partial charge on any atom is 0.420 e. The number of carbonyl (C=O) groups excluding carboxylic acids is 2. The fourth-order valence-electron chi connectivity index (χ4n) is 4.88. The fourth-order valence-corrected chi connectivity index (χ4v) is 4.88. The average Bonchev–Trinajstić information content (AvgIpc) is 3.54. The van der Waals surface area contributed by atoms with E-state index in [2.05, 4.69) is 16.5 Å². The number of rotatable bonds is 4. The van der Waals surface area contributed by atoms with Crippen molar-refractivity contribution in [1.29, 1.82) is 0 Å². The number of nitrogens with one attached hydrogen (secondary N) is 1. The highest BCUT2D eigenvalue weighted by molar-refractivity contribution is 6.02. The second-order valence-electron chi connectivity index (χ2n) is 9.06. The first-order valence-corrected chi connectivity index (χ1v) is 11.5. The molecule has 174 valence electrons. The first-order chi connectivity index (χ1) is 16.0. The van der Waals surface area contributed by atoms with Crippen molar-refractivity contribution in [2.24, 2.45) is 0 Å². The molecule has 2 heterocycles. The molecule has 5 rings (SSSR count). The molecule has 1 saturated carbocycles. The Morgan fingerprint density at radius 1 is 1.03 bits per heavy atom. The number of carbonyl (C=O) groups is 2. The monoisotopic (exact) mass is 450 g/mol. The molecule has 1 N–H and O–H groups in total. The normalized spacial score (nSPS) is 22.8. The van der Waals surface area contributed by atoms with Crippen LogP contribution >= 0.6 is 0 Å². The Bertz CT molecular complexity index is 1070. The van der Waals surface area contributed by atoms with Gasteiger partial charge in [0, 0.05) is 38.5 Å². The lowest BCUT2D eigenvalue weighted by Gasteiger charge is -2.40. The van der Waals surface area contributed by atoms with Crippen LogP contribution < -0.4 is 24.7 Å². The van der Waals surface area contributed by atoms with Crippen LogP contribution in [0.4, 0.5) is 16.2 Å². The van der Waals surface area contributed by atoms with Crippen molar-refractivity contribution in [2.75, 3.05) is 36.5 Å². The minimum Gasteiger partial charge on any atom is -0.493 e. The van der Waals surface area contributed by atoms with Gasteiger partial charge in [-0.1, -0.05) is 18.2 Å². The first kappa shape index (κ1) is 21.7. The molecule has 2 atom stereocenters. The third-order valence-corrected chi connectivity index (χ3v) is 6.68. The van der Waals surface area contributed by atoms with Crippen LogP contribution in [-0.4, -0.2) is 55.8 Å². The van der Waals surface area contributed by atoms with E-state index < -0.39 is 6.09 Å². The van der Waals surface area contributed by atoms with Gasteiger partial charge in [0.05, 0.1) is 24.5 Å². The number of benzene rings is 2. The summed E-state index contributed by atoms with van der Waals surface area (Å²) in [6.07, 6.45) is 2.01. The Kier molecular flexibility index (Phi) is 5.72. The third kappa shape index (κ3) is 4.16. The summed E-state index contributed by atoms with van der Waals surface area (Å²) in [5.74, 6) is 1.14. The molecule has 1 aliphatic carbocycles. The van der Waals surface area contributed by atoms with E-state index in [1.807, 2.05) is 25.1 Å². The van der Waals surface area contributed by atoms with E-state index in [-0.39, 0.29) is 11.9 Å². The lowest BCUT2D eigenvalue weighted by molar-refractivity contribution is -0.117. The van der Waals surface area contributed by atoms with Crippen LogP contribution in [-0.2, 0) is 4.79 Å². The van der Waals surface area contributed by atoms with E-state index in [9.17, 15) is 9.59 Å². The number of hydrogen-bond donors (Lipinski definition) is 1. The van der Waals surface area contributed by atoms with Crippen molar-refractivity contribution >= 4 is 23.4 Å². The molecule has 33 heavy (non-hydrogen) atoms. The lowest BCUT2D eigenvalue weighted by Crippen LogP contribution is -2.52. The Morgan fingerprint density at radius 2 is 1.79 bits per heavy atom. The SMILES string of the molecule is COc1ccccc1OC(=O)N1C[C@H](C)N(C(C)=O)c2ccc(C3CNN(C4CC4)C3)cc21. The van der Waals surface area contributed by atoms with Crippen molar-refractivity contribution in [1.82, 2.24) is 10.4 Å². The van der Waals surface area contributed by atoms with E-state index in [1.54, 1.807) is 42.0 Å². The molecule has 0 spiro atoms. The van der Waals surface area contributed by atoms with Gasteiger partial charge in [-0.25, -0.2) is 9.80 Å². The standard InChI is InChI=1S/C25H30N4O4/c1-16-14-27(25(31)33-24-7-5-4-6-23(24)32-3)22-12-18(8-11-21(22)29(16)17(2)30)19-13-26-28(15-19)20-9-10-20/h4-8,11-12,16,19-20,26H,9-10,13-15H2,1-3H3/t16-,19?/m0/s1. The molecular formula is C25H30N4O4. The number of methoxy groups -OCH3 is 1. The molecule has 1 saturated heterocycles. The molecular weight excluding hydrogens is 420 g/mol. The summed E-state index contributed by atoms with van der Waals surface area (Å²) in [6, 6.07) is 13.6. The van der Waals surface area contributed by atoms with E-state index in [0.29, 0.717) is 35.7 Å². The Labute approximate surface area is 194 Å². The number of hydrogen-bond acceptors (Lipinski definition) is 6. The Morgan fingerprint density at radius 3 is 2.48 bits per heavy atom. The zero-order valence-electron chi connectivity index (χ0n) is 19.3. The van der Waals surface area contributed by atoms with Crippen molar-refractivity contribution in [2.45, 2.75) is 44.7 Å². The van der Waals surface area contributed by atoms with Crippen molar-refractivity contribution in [3.05, 3.63) is 48.0 Å². The topological polar surface area (TPSA) is 74.3 Å². The zero-order valence-corrected chi connectivity index (χ0v) is 19.3. The molecule has 0 aromatic heterocycles. The number of ether oxygens (including phenoxy) is 2. The predicted octanol–water partition coefficient (Wildman–Crippen LogP) is 3.52. The van der Waals surface area contributed by atoms with Gasteiger partial charge in [0.15, 0.2) is 11.5 Å². The summed E-state index contributed by atoms with van der Waals surface area (Å²) >= 11 is 0. The molecule has 2 aromatic carbocycles. The Balaban J connectivity index is 1.47. The van der Waals surface area contributed by atoms with Gasteiger partial charge in [-0.3, -0.25) is 15.1 Å². The highest BCUT2D eigenvalue weighted by Gasteiger charge is 2.38. The number of amides is 2. The van der Waals surface area contributed by atoms with E-state index in [1.165, 1.54) is 12.8 Å². The molecule has 8 heteroatoms. The molecule has 0 bridgehead atoms. The molecule has 2 aromatic rings. The summed E-state index contributed by atoms with van der Waals surface area (Å²) in [5.41, 5.74) is 6.09. The summed E-state index contributed by atoms with van der Waals surface area (Å²) in [7, 11) is 1.54. The van der Waals surface area contributed by atoms with Crippen LogP contribution in [0.25, 0.3) is 0 Å². The zero-order chi connectivity index (χ0) is 23.1. The van der Waals surface area contributed by atoms with E-state index in [0.717, 1.165) is 24.3 Å². The van der Waals surface area contributed by atoms with E-state index >= 15 is 0 Å². The second kappa shape index (κ2) is 8.68. The van der Waals surface area contributed by atoms with Crippen LogP contribution in [0.2, 0.25) is 0 Å². The lowest BCUT2D eigenvalue weighted by atomic mass is 9.97. The smallest absolute Gasteiger partial charge is 0.420 e. The quantitative estimate of drug-likeness (QED) is 0.768. The van der Waals surface area contributed by atoms with Crippen LogP contribution in [0, 0.1) is 0 Å². The van der Waals surface area contributed by atoms with Crippen LogP contribution in [0.3, 0.4) is 0 Å². The van der Waals surface area contributed by atoms with Crippen molar-refractivity contribution in [3.8, 4) is 11.5 Å². The summed E-state index contributed by atoms with van der Waals surface area (Å²) in [5, 5.41) is 2.34. The molecule has 2 amide bonds. The predicted molar refractivity (Wildman–Crippen MR) is 126 cm³/mol. The average molecular weight is 451 g/mol. The minimum atomic E-state index is -0.489.